The highest BCUT2D eigenvalue weighted by Crippen LogP contribution is 2.30. The average Bonchev–Trinajstić information content (AvgIpc) is 3.17. The lowest BCUT2D eigenvalue weighted by Crippen LogP contribution is -2.49. The molecular weight excluding hydrogens is 368 g/mol. The van der Waals surface area contributed by atoms with Crippen LogP contribution in [-0.2, 0) is 22.6 Å². The Balaban J connectivity index is 1.42. The van der Waals surface area contributed by atoms with Gasteiger partial charge in [-0.15, -0.1) is 0 Å². The SMILES string of the molecule is CNc1nc(C2CCN(C(=O)[C@@H](C)N3CCCC3=O)CC2)nc2c1CCN(C)C2. The first kappa shape index (κ1) is 20.1. The average molecular weight is 401 g/mol. The number of rotatable bonds is 4. The van der Waals surface area contributed by atoms with E-state index in [0.29, 0.717) is 26.1 Å². The van der Waals surface area contributed by atoms with Crippen molar-refractivity contribution in [1.29, 1.82) is 0 Å². The van der Waals surface area contributed by atoms with Crippen LogP contribution < -0.4 is 5.32 Å². The lowest BCUT2D eigenvalue weighted by molar-refractivity contribution is -0.143. The number of hydrogen-bond donors (Lipinski definition) is 1. The normalized spacial score (nSPS) is 22.0. The van der Waals surface area contributed by atoms with Gasteiger partial charge in [-0.3, -0.25) is 9.59 Å². The maximum Gasteiger partial charge on any atom is 0.245 e. The van der Waals surface area contributed by atoms with Crippen LogP contribution >= 0.6 is 0 Å². The molecule has 0 bridgehead atoms. The summed E-state index contributed by atoms with van der Waals surface area (Å²) in [5.74, 6) is 2.30. The second-order valence-corrected chi connectivity index (χ2v) is 8.56. The monoisotopic (exact) mass is 400 g/mol. The van der Waals surface area contributed by atoms with Crippen molar-refractivity contribution in [3.8, 4) is 0 Å². The van der Waals surface area contributed by atoms with Crippen molar-refractivity contribution in [2.45, 2.75) is 57.5 Å². The number of amides is 2. The first-order valence-corrected chi connectivity index (χ1v) is 10.8. The number of nitrogens with zero attached hydrogens (tertiary/aromatic N) is 5. The Morgan fingerprint density at radius 2 is 1.90 bits per heavy atom. The summed E-state index contributed by atoms with van der Waals surface area (Å²) in [6, 6.07) is -0.354. The van der Waals surface area contributed by atoms with Gasteiger partial charge in [0.1, 0.15) is 17.7 Å². The molecule has 158 valence electrons. The molecule has 3 aliphatic rings. The molecule has 0 radical (unpaired) electrons. The third-order valence-corrected chi connectivity index (χ3v) is 6.62. The summed E-state index contributed by atoms with van der Waals surface area (Å²) >= 11 is 0. The minimum atomic E-state index is -0.354. The molecule has 2 amide bonds. The van der Waals surface area contributed by atoms with E-state index < -0.39 is 0 Å². The van der Waals surface area contributed by atoms with Gasteiger partial charge < -0.3 is 20.0 Å². The topological polar surface area (TPSA) is 81.7 Å². The van der Waals surface area contributed by atoms with Gasteiger partial charge in [-0.25, -0.2) is 9.97 Å². The molecule has 0 saturated carbocycles. The van der Waals surface area contributed by atoms with Crippen molar-refractivity contribution in [2.24, 2.45) is 0 Å². The number of aromatic nitrogens is 2. The fourth-order valence-electron chi connectivity index (χ4n) is 4.80. The molecule has 0 spiro atoms. The Morgan fingerprint density at radius 3 is 2.55 bits per heavy atom. The summed E-state index contributed by atoms with van der Waals surface area (Å²) < 4.78 is 0. The predicted molar refractivity (Wildman–Crippen MR) is 111 cm³/mol. The van der Waals surface area contributed by atoms with Crippen molar-refractivity contribution in [1.82, 2.24) is 24.7 Å². The van der Waals surface area contributed by atoms with Crippen molar-refractivity contribution in [3.05, 3.63) is 17.1 Å². The predicted octanol–water partition coefficient (Wildman–Crippen LogP) is 1.22. The van der Waals surface area contributed by atoms with Gasteiger partial charge in [0, 0.05) is 57.7 Å². The van der Waals surface area contributed by atoms with Crippen LogP contribution in [0.5, 0.6) is 0 Å². The first-order valence-electron chi connectivity index (χ1n) is 10.8. The lowest BCUT2D eigenvalue weighted by atomic mass is 9.94. The standard InChI is InChI=1S/C21H32N6O2/c1-14(27-9-4-5-18(27)28)21(29)26-11-6-15(7-12-26)19-23-17-13-25(3)10-8-16(17)20(22-2)24-19/h14-15H,4-13H2,1-3H3,(H,22,23,24)/t14-/m1/s1. The summed E-state index contributed by atoms with van der Waals surface area (Å²) in [5.41, 5.74) is 2.37. The number of nitrogens with one attached hydrogen (secondary N) is 1. The number of fused-ring (bicyclic) bond motifs is 1. The van der Waals surface area contributed by atoms with Gasteiger partial charge >= 0.3 is 0 Å². The van der Waals surface area contributed by atoms with E-state index >= 15 is 0 Å². The van der Waals surface area contributed by atoms with E-state index in [1.807, 2.05) is 18.9 Å². The zero-order chi connectivity index (χ0) is 20.5. The molecule has 8 heteroatoms. The molecule has 1 atom stereocenters. The molecule has 1 N–H and O–H groups in total. The number of hydrogen-bond acceptors (Lipinski definition) is 6. The lowest BCUT2D eigenvalue weighted by Gasteiger charge is -2.35. The van der Waals surface area contributed by atoms with Crippen molar-refractivity contribution >= 4 is 17.6 Å². The van der Waals surface area contributed by atoms with Crippen LogP contribution in [0, 0.1) is 0 Å². The molecule has 1 aromatic rings. The summed E-state index contributed by atoms with van der Waals surface area (Å²) in [5, 5.41) is 3.26. The van der Waals surface area contributed by atoms with Crippen LogP contribution in [0.15, 0.2) is 0 Å². The molecule has 0 aromatic carbocycles. The Bertz CT molecular complexity index is 790. The number of likely N-dealkylation sites (tertiary alicyclic amines) is 2. The third kappa shape index (κ3) is 3.95. The zero-order valence-electron chi connectivity index (χ0n) is 17.8. The van der Waals surface area contributed by atoms with Crippen LogP contribution in [0.3, 0.4) is 0 Å². The summed E-state index contributed by atoms with van der Waals surface area (Å²) in [6.07, 6.45) is 4.13. The van der Waals surface area contributed by atoms with Crippen LogP contribution in [0.1, 0.15) is 55.6 Å². The van der Waals surface area contributed by atoms with Crippen molar-refractivity contribution < 1.29 is 9.59 Å². The quantitative estimate of drug-likeness (QED) is 0.819. The second-order valence-electron chi connectivity index (χ2n) is 8.56. The molecule has 2 fully saturated rings. The number of anilines is 1. The van der Waals surface area contributed by atoms with E-state index in [0.717, 1.165) is 56.1 Å². The van der Waals surface area contributed by atoms with Gasteiger partial charge in [0.2, 0.25) is 11.8 Å². The van der Waals surface area contributed by atoms with Gasteiger partial charge in [0.05, 0.1) is 5.69 Å². The number of carbonyl (C=O) groups is 2. The van der Waals surface area contributed by atoms with Gasteiger partial charge in [-0.2, -0.15) is 0 Å². The Hall–Kier alpha value is -2.22. The van der Waals surface area contributed by atoms with E-state index in [-0.39, 0.29) is 23.8 Å². The number of piperidine rings is 1. The largest absolute Gasteiger partial charge is 0.373 e. The molecule has 29 heavy (non-hydrogen) atoms. The van der Waals surface area contributed by atoms with Crippen LogP contribution in [-0.4, -0.2) is 82.8 Å². The van der Waals surface area contributed by atoms with E-state index in [9.17, 15) is 9.59 Å². The van der Waals surface area contributed by atoms with Crippen molar-refractivity contribution in [2.75, 3.05) is 45.6 Å². The van der Waals surface area contributed by atoms with Gasteiger partial charge in [0.25, 0.3) is 0 Å². The highest BCUT2D eigenvalue weighted by molar-refractivity contribution is 5.88. The van der Waals surface area contributed by atoms with Crippen LogP contribution in [0.2, 0.25) is 0 Å². The highest BCUT2D eigenvalue weighted by Gasteiger charge is 2.34. The molecule has 4 heterocycles. The molecule has 0 aliphatic carbocycles. The van der Waals surface area contributed by atoms with E-state index in [4.69, 9.17) is 9.97 Å². The molecule has 4 rings (SSSR count). The van der Waals surface area contributed by atoms with Crippen molar-refractivity contribution in [3.63, 3.8) is 0 Å². The van der Waals surface area contributed by atoms with Crippen LogP contribution in [0.4, 0.5) is 5.82 Å². The highest BCUT2D eigenvalue weighted by atomic mass is 16.2. The molecular formula is C21H32N6O2. The maximum atomic E-state index is 12.9. The third-order valence-electron chi connectivity index (χ3n) is 6.62. The first-order chi connectivity index (χ1) is 14.0. The van der Waals surface area contributed by atoms with Crippen LogP contribution in [0.25, 0.3) is 0 Å². The maximum absolute atomic E-state index is 12.9. The summed E-state index contributed by atoms with van der Waals surface area (Å²) in [6.45, 7) is 5.85. The van der Waals surface area contributed by atoms with E-state index in [1.54, 1.807) is 4.90 Å². The second kappa shape index (κ2) is 8.26. The summed E-state index contributed by atoms with van der Waals surface area (Å²) in [7, 11) is 4.05. The minimum Gasteiger partial charge on any atom is -0.373 e. The zero-order valence-corrected chi connectivity index (χ0v) is 17.8. The smallest absolute Gasteiger partial charge is 0.245 e. The van der Waals surface area contributed by atoms with Gasteiger partial charge in [-0.05, 0) is 39.7 Å². The summed E-state index contributed by atoms with van der Waals surface area (Å²) in [4.78, 5) is 40.6. The van der Waals surface area contributed by atoms with Gasteiger partial charge in [-0.1, -0.05) is 0 Å². The molecule has 3 aliphatic heterocycles. The molecule has 1 aromatic heterocycles. The van der Waals surface area contributed by atoms with E-state index in [1.165, 1.54) is 5.56 Å². The number of carbonyl (C=O) groups excluding carboxylic acids is 2. The van der Waals surface area contributed by atoms with Gasteiger partial charge in [0.15, 0.2) is 0 Å². The Morgan fingerprint density at radius 1 is 1.14 bits per heavy atom. The Kier molecular flexibility index (Phi) is 5.72. The van der Waals surface area contributed by atoms with E-state index in [2.05, 4.69) is 17.3 Å². The molecule has 0 unspecified atom stereocenters. The minimum absolute atomic E-state index is 0.0718. The fraction of sp³-hybridized carbons (Fsp3) is 0.714. The molecule has 8 nitrogen and oxygen atoms in total. The fourth-order valence-corrected chi connectivity index (χ4v) is 4.80. The number of likely N-dealkylation sites (N-methyl/N-ethyl adjacent to an activating group) is 1. The Labute approximate surface area is 172 Å². The molecule has 2 saturated heterocycles.